The lowest BCUT2D eigenvalue weighted by Gasteiger charge is -2.23. The van der Waals surface area contributed by atoms with Gasteiger partial charge in [0.25, 0.3) is 0 Å². The Morgan fingerprint density at radius 1 is 1.11 bits per heavy atom. The molecule has 0 N–H and O–H groups in total. The van der Waals surface area contributed by atoms with Gasteiger partial charge in [0.2, 0.25) is 0 Å². The van der Waals surface area contributed by atoms with Crippen molar-refractivity contribution in [1.82, 2.24) is 4.90 Å². The van der Waals surface area contributed by atoms with Crippen LogP contribution in [0.25, 0.3) is 0 Å². The molecule has 1 aliphatic carbocycles. The maximum absolute atomic E-state index is 9.18. The third kappa shape index (κ3) is 2.91. The standard InChI is InChI=1S/C16H22N2/c1-18(2)16(12-17)15-10-8-14(9-11-15)13-6-4-3-5-7-13/h8-11,13,16H,3-7H2,1-2H3. The van der Waals surface area contributed by atoms with Crippen molar-refractivity contribution in [2.45, 2.75) is 44.1 Å². The average molecular weight is 242 g/mol. The van der Waals surface area contributed by atoms with Crippen LogP contribution in [0.1, 0.15) is 55.2 Å². The van der Waals surface area contributed by atoms with Crippen LogP contribution in [0.2, 0.25) is 0 Å². The number of nitriles is 1. The third-order valence-corrected chi connectivity index (χ3v) is 3.97. The highest BCUT2D eigenvalue weighted by atomic mass is 15.1. The first-order valence-electron chi connectivity index (χ1n) is 6.88. The second-order valence-electron chi connectivity index (χ2n) is 5.50. The van der Waals surface area contributed by atoms with Crippen molar-refractivity contribution < 1.29 is 0 Å². The number of hydrogen-bond acceptors (Lipinski definition) is 2. The van der Waals surface area contributed by atoms with Crippen molar-refractivity contribution in [1.29, 1.82) is 5.26 Å². The summed E-state index contributed by atoms with van der Waals surface area (Å²) in [6.45, 7) is 0. The summed E-state index contributed by atoms with van der Waals surface area (Å²) < 4.78 is 0. The fourth-order valence-corrected chi connectivity index (χ4v) is 2.87. The van der Waals surface area contributed by atoms with Gasteiger partial charge in [-0.1, -0.05) is 43.5 Å². The fraction of sp³-hybridized carbons (Fsp3) is 0.562. The maximum Gasteiger partial charge on any atom is 0.123 e. The lowest BCUT2D eigenvalue weighted by Crippen LogP contribution is -2.18. The Bertz CT molecular complexity index is 408. The summed E-state index contributed by atoms with van der Waals surface area (Å²) in [6.07, 6.45) is 6.78. The molecule has 0 amide bonds. The Kier molecular flexibility index (Phi) is 4.38. The largest absolute Gasteiger partial charge is 0.291 e. The molecule has 2 nitrogen and oxygen atoms in total. The van der Waals surface area contributed by atoms with E-state index in [0.717, 1.165) is 11.5 Å². The number of rotatable bonds is 3. The van der Waals surface area contributed by atoms with E-state index in [0.29, 0.717) is 0 Å². The van der Waals surface area contributed by atoms with E-state index in [1.165, 1.54) is 37.7 Å². The van der Waals surface area contributed by atoms with E-state index in [9.17, 15) is 5.26 Å². The van der Waals surface area contributed by atoms with Crippen LogP contribution in [0.5, 0.6) is 0 Å². The molecule has 0 heterocycles. The van der Waals surface area contributed by atoms with E-state index >= 15 is 0 Å². The molecule has 1 unspecified atom stereocenters. The summed E-state index contributed by atoms with van der Waals surface area (Å²) in [4.78, 5) is 1.95. The molecule has 0 radical (unpaired) electrons. The summed E-state index contributed by atoms with van der Waals surface area (Å²) in [5, 5.41) is 9.18. The molecule has 1 aliphatic rings. The van der Waals surface area contributed by atoms with Crippen LogP contribution in [-0.2, 0) is 0 Å². The van der Waals surface area contributed by atoms with Crippen LogP contribution in [0, 0.1) is 11.3 Å². The molecule has 1 fully saturated rings. The summed E-state index contributed by atoms with van der Waals surface area (Å²) in [5.74, 6) is 0.743. The highest BCUT2D eigenvalue weighted by molar-refractivity contribution is 5.30. The van der Waals surface area contributed by atoms with Crippen molar-refractivity contribution in [3.05, 3.63) is 35.4 Å². The van der Waals surface area contributed by atoms with Gasteiger partial charge >= 0.3 is 0 Å². The van der Waals surface area contributed by atoms with Crippen LogP contribution in [-0.4, -0.2) is 19.0 Å². The zero-order valence-corrected chi connectivity index (χ0v) is 11.4. The minimum Gasteiger partial charge on any atom is -0.291 e. The summed E-state index contributed by atoms with van der Waals surface area (Å²) in [7, 11) is 3.89. The lowest BCUT2D eigenvalue weighted by molar-refractivity contribution is 0.358. The molecular formula is C16H22N2. The van der Waals surface area contributed by atoms with Crippen molar-refractivity contribution >= 4 is 0 Å². The quantitative estimate of drug-likeness (QED) is 0.804. The van der Waals surface area contributed by atoms with Crippen LogP contribution in [0.4, 0.5) is 0 Å². The van der Waals surface area contributed by atoms with E-state index in [1.807, 2.05) is 19.0 Å². The van der Waals surface area contributed by atoms with Crippen molar-refractivity contribution in [3.8, 4) is 6.07 Å². The van der Waals surface area contributed by atoms with Gasteiger partial charge in [-0.3, -0.25) is 4.90 Å². The van der Waals surface area contributed by atoms with E-state index < -0.39 is 0 Å². The Labute approximate surface area is 110 Å². The molecule has 96 valence electrons. The molecule has 1 aromatic carbocycles. The van der Waals surface area contributed by atoms with E-state index in [2.05, 4.69) is 30.3 Å². The Balaban J connectivity index is 2.12. The molecule has 1 atom stereocenters. The minimum atomic E-state index is -0.134. The molecule has 18 heavy (non-hydrogen) atoms. The molecule has 1 aromatic rings. The first-order chi connectivity index (χ1) is 8.72. The van der Waals surface area contributed by atoms with Gasteiger partial charge in [-0.15, -0.1) is 0 Å². The summed E-state index contributed by atoms with van der Waals surface area (Å²) in [6, 6.07) is 10.9. The highest BCUT2D eigenvalue weighted by Crippen LogP contribution is 2.33. The second kappa shape index (κ2) is 6.02. The van der Waals surface area contributed by atoms with Gasteiger partial charge in [-0.05, 0) is 44.0 Å². The molecule has 0 bridgehead atoms. The summed E-state index contributed by atoms with van der Waals surface area (Å²) in [5.41, 5.74) is 2.55. The first-order valence-corrected chi connectivity index (χ1v) is 6.88. The molecular weight excluding hydrogens is 220 g/mol. The smallest absolute Gasteiger partial charge is 0.123 e. The van der Waals surface area contributed by atoms with E-state index in [4.69, 9.17) is 0 Å². The fourth-order valence-electron chi connectivity index (χ4n) is 2.87. The normalized spacial score (nSPS) is 18.6. The third-order valence-electron chi connectivity index (χ3n) is 3.97. The Morgan fingerprint density at radius 3 is 2.22 bits per heavy atom. The van der Waals surface area contributed by atoms with Crippen molar-refractivity contribution in [2.24, 2.45) is 0 Å². The summed E-state index contributed by atoms with van der Waals surface area (Å²) >= 11 is 0. The van der Waals surface area contributed by atoms with Crippen LogP contribution < -0.4 is 0 Å². The molecule has 2 heteroatoms. The van der Waals surface area contributed by atoms with Gasteiger partial charge < -0.3 is 0 Å². The zero-order valence-electron chi connectivity index (χ0n) is 11.4. The SMILES string of the molecule is CN(C)C(C#N)c1ccc(C2CCCCC2)cc1. The molecule has 1 saturated carbocycles. The minimum absolute atomic E-state index is 0.134. The van der Waals surface area contributed by atoms with Gasteiger partial charge in [0.15, 0.2) is 0 Å². The van der Waals surface area contributed by atoms with Gasteiger partial charge in [0.05, 0.1) is 6.07 Å². The van der Waals surface area contributed by atoms with Gasteiger partial charge in [-0.2, -0.15) is 5.26 Å². The van der Waals surface area contributed by atoms with Crippen LogP contribution in [0.15, 0.2) is 24.3 Å². The van der Waals surface area contributed by atoms with E-state index in [1.54, 1.807) is 0 Å². The van der Waals surface area contributed by atoms with Gasteiger partial charge in [-0.25, -0.2) is 0 Å². The van der Waals surface area contributed by atoms with Crippen LogP contribution in [0.3, 0.4) is 0 Å². The van der Waals surface area contributed by atoms with Crippen LogP contribution >= 0.6 is 0 Å². The topological polar surface area (TPSA) is 27.0 Å². The molecule has 0 aliphatic heterocycles. The number of benzene rings is 1. The predicted molar refractivity (Wildman–Crippen MR) is 74.3 cm³/mol. The highest BCUT2D eigenvalue weighted by Gasteiger charge is 2.17. The predicted octanol–water partition coefficient (Wildman–Crippen LogP) is 3.86. The lowest BCUT2D eigenvalue weighted by atomic mass is 9.84. The first kappa shape index (κ1) is 13.1. The molecule has 0 saturated heterocycles. The monoisotopic (exact) mass is 242 g/mol. The van der Waals surface area contributed by atoms with Gasteiger partial charge in [0.1, 0.15) is 6.04 Å². The second-order valence-corrected chi connectivity index (χ2v) is 5.50. The number of hydrogen-bond donors (Lipinski definition) is 0. The Morgan fingerprint density at radius 2 is 1.72 bits per heavy atom. The molecule has 2 rings (SSSR count). The Hall–Kier alpha value is -1.33. The van der Waals surface area contributed by atoms with Gasteiger partial charge in [0, 0.05) is 0 Å². The van der Waals surface area contributed by atoms with E-state index in [-0.39, 0.29) is 6.04 Å². The molecule has 0 spiro atoms. The van der Waals surface area contributed by atoms with Crippen molar-refractivity contribution in [2.75, 3.05) is 14.1 Å². The average Bonchev–Trinajstić information content (AvgIpc) is 2.41. The molecule has 0 aromatic heterocycles. The number of nitrogens with zero attached hydrogens (tertiary/aromatic N) is 2. The zero-order chi connectivity index (χ0) is 13.0. The van der Waals surface area contributed by atoms with Crippen molar-refractivity contribution in [3.63, 3.8) is 0 Å². The maximum atomic E-state index is 9.18.